The Bertz CT molecular complexity index is 792. The van der Waals surface area contributed by atoms with Gasteiger partial charge in [-0.3, -0.25) is 4.79 Å². The van der Waals surface area contributed by atoms with E-state index in [1.54, 1.807) is 45.6 Å². The number of carbonyl (C=O) groups excluding carboxylic acids is 1. The van der Waals surface area contributed by atoms with E-state index in [1.165, 1.54) is 6.08 Å². The molecule has 0 aliphatic heterocycles. The van der Waals surface area contributed by atoms with Gasteiger partial charge in [-0.1, -0.05) is 6.07 Å². The molecule has 27 heavy (non-hydrogen) atoms. The number of benzene rings is 2. The van der Waals surface area contributed by atoms with E-state index in [0.29, 0.717) is 28.7 Å². The minimum Gasteiger partial charge on any atom is -0.497 e. The molecular formula is C21H25NO5. The van der Waals surface area contributed by atoms with Crippen molar-refractivity contribution in [3.63, 3.8) is 0 Å². The van der Waals surface area contributed by atoms with Crippen molar-refractivity contribution in [3.8, 4) is 23.0 Å². The normalized spacial score (nSPS) is 10.7. The van der Waals surface area contributed by atoms with E-state index in [-0.39, 0.29) is 12.0 Å². The molecule has 0 heterocycles. The summed E-state index contributed by atoms with van der Waals surface area (Å²) in [5, 5.41) is 2.79. The second kappa shape index (κ2) is 9.52. The standard InChI is InChI=1S/C21H25NO5/c1-14(2)27-19-8-6-15(10-20(19)26-5)7-9-21(23)22-16-11-17(24-3)13-18(12-16)25-4/h6-14H,1-5H3,(H,22,23). The van der Waals surface area contributed by atoms with Crippen molar-refractivity contribution in [2.45, 2.75) is 20.0 Å². The number of methoxy groups -OCH3 is 3. The summed E-state index contributed by atoms with van der Waals surface area (Å²) in [6.07, 6.45) is 3.20. The molecule has 6 nitrogen and oxygen atoms in total. The van der Waals surface area contributed by atoms with Crippen LogP contribution in [0.25, 0.3) is 6.08 Å². The van der Waals surface area contributed by atoms with Crippen LogP contribution in [0.2, 0.25) is 0 Å². The number of hydrogen-bond donors (Lipinski definition) is 1. The highest BCUT2D eigenvalue weighted by atomic mass is 16.5. The van der Waals surface area contributed by atoms with Crippen LogP contribution in [-0.4, -0.2) is 33.3 Å². The summed E-state index contributed by atoms with van der Waals surface area (Å²) >= 11 is 0. The second-order valence-electron chi connectivity index (χ2n) is 6.00. The van der Waals surface area contributed by atoms with Crippen LogP contribution in [0.5, 0.6) is 23.0 Å². The number of anilines is 1. The first-order chi connectivity index (χ1) is 12.9. The van der Waals surface area contributed by atoms with E-state index >= 15 is 0 Å². The van der Waals surface area contributed by atoms with E-state index in [0.717, 1.165) is 5.56 Å². The molecule has 0 bridgehead atoms. The van der Waals surface area contributed by atoms with E-state index < -0.39 is 0 Å². The Morgan fingerprint density at radius 1 is 0.926 bits per heavy atom. The highest BCUT2D eigenvalue weighted by Gasteiger charge is 2.07. The van der Waals surface area contributed by atoms with Gasteiger partial charge in [0, 0.05) is 30.0 Å². The smallest absolute Gasteiger partial charge is 0.248 e. The third kappa shape index (κ3) is 5.95. The predicted octanol–water partition coefficient (Wildman–Crippen LogP) is 4.15. The molecule has 0 unspecified atom stereocenters. The summed E-state index contributed by atoms with van der Waals surface area (Å²) in [6.45, 7) is 3.90. The first kappa shape index (κ1) is 20.2. The van der Waals surface area contributed by atoms with Gasteiger partial charge < -0.3 is 24.3 Å². The van der Waals surface area contributed by atoms with Crippen molar-refractivity contribution in [2.24, 2.45) is 0 Å². The lowest BCUT2D eigenvalue weighted by Gasteiger charge is -2.13. The zero-order valence-electron chi connectivity index (χ0n) is 16.2. The Balaban J connectivity index is 2.10. The molecule has 0 saturated heterocycles. The largest absolute Gasteiger partial charge is 0.497 e. The molecule has 0 fully saturated rings. The summed E-state index contributed by atoms with van der Waals surface area (Å²) in [4.78, 5) is 12.2. The molecule has 144 valence electrons. The van der Waals surface area contributed by atoms with Crippen molar-refractivity contribution >= 4 is 17.7 Å². The Hall–Kier alpha value is -3.15. The van der Waals surface area contributed by atoms with Gasteiger partial charge in [0.25, 0.3) is 0 Å². The molecule has 0 aliphatic carbocycles. The van der Waals surface area contributed by atoms with Gasteiger partial charge in [0.2, 0.25) is 5.91 Å². The monoisotopic (exact) mass is 371 g/mol. The van der Waals surface area contributed by atoms with Crippen molar-refractivity contribution in [1.29, 1.82) is 0 Å². The Morgan fingerprint density at radius 3 is 2.15 bits per heavy atom. The van der Waals surface area contributed by atoms with Crippen molar-refractivity contribution in [1.82, 2.24) is 0 Å². The van der Waals surface area contributed by atoms with Crippen LogP contribution in [-0.2, 0) is 4.79 Å². The minimum atomic E-state index is -0.272. The predicted molar refractivity (Wildman–Crippen MR) is 106 cm³/mol. The number of amides is 1. The average Bonchev–Trinajstić information content (AvgIpc) is 2.66. The lowest BCUT2D eigenvalue weighted by Crippen LogP contribution is -2.08. The van der Waals surface area contributed by atoms with Gasteiger partial charge in [-0.05, 0) is 37.6 Å². The summed E-state index contributed by atoms with van der Waals surface area (Å²) in [7, 11) is 4.69. The quantitative estimate of drug-likeness (QED) is 0.706. The number of nitrogens with one attached hydrogen (secondary N) is 1. The minimum absolute atomic E-state index is 0.0472. The molecule has 0 atom stereocenters. The fourth-order valence-electron chi connectivity index (χ4n) is 2.37. The summed E-state index contributed by atoms with van der Waals surface area (Å²) in [5.41, 5.74) is 1.40. The number of ether oxygens (including phenoxy) is 4. The molecule has 0 aliphatic rings. The fourth-order valence-corrected chi connectivity index (χ4v) is 2.37. The fraction of sp³-hybridized carbons (Fsp3) is 0.286. The maximum Gasteiger partial charge on any atom is 0.248 e. The number of hydrogen-bond acceptors (Lipinski definition) is 5. The Morgan fingerprint density at radius 2 is 1.59 bits per heavy atom. The van der Waals surface area contributed by atoms with Crippen LogP contribution in [0.4, 0.5) is 5.69 Å². The maximum absolute atomic E-state index is 12.2. The van der Waals surface area contributed by atoms with Crippen molar-refractivity contribution in [2.75, 3.05) is 26.6 Å². The Labute approximate surface area is 159 Å². The highest BCUT2D eigenvalue weighted by Crippen LogP contribution is 2.29. The van der Waals surface area contributed by atoms with E-state index in [2.05, 4.69) is 5.32 Å². The molecule has 2 rings (SSSR count). The topological polar surface area (TPSA) is 66.0 Å². The van der Waals surface area contributed by atoms with Gasteiger partial charge in [-0.25, -0.2) is 0 Å². The molecular weight excluding hydrogens is 346 g/mol. The number of rotatable bonds is 8. The van der Waals surface area contributed by atoms with Gasteiger partial charge in [-0.15, -0.1) is 0 Å². The van der Waals surface area contributed by atoms with Gasteiger partial charge >= 0.3 is 0 Å². The molecule has 2 aromatic carbocycles. The van der Waals surface area contributed by atoms with Crippen LogP contribution in [0.1, 0.15) is 19.4 Å². The van der Waals surface area contributed by atoms with Crippen LogP contribution in [0, 0.1) is 0 Å². The first-order valence-corrected chi connectivity index (χ1v) is 8.52. The first-order valence-electron chi connectivity index (χ1n) is 8.52. The van der Waals surface area contributed by atoms with Crippen LogP contribution in [0.15, 0.2) is 42.5 Å². The highest BCUT2D eigenvalue weighted by molar-refractivity contribution is 6.02. The molecule has 0 aromatic heterocycles. The SMILES string of the molecule is COc1cc(NC(=O)C=Cc2ccc(OC(C)C)c(OC)c2)cc(OC)c1. The molecule has 2 aromatic rings. The lowest BCUT2D eigenvalue weighted by atomic mass is 10.2. The third-order valence-corrected chi connectivity index (χ3v) is 3.60. The average molecular weight is 371 g/mol. The van der Waals surface area contributed by atoms with Gasteiger partial charge in [0.05, 0.1) is 27.4 Å². The zero-order chi connectivity index (χ0) is 19.8. The van der Waals surface area contributed by atoms with Gasteiger partial charge in [0.15, 0.2) is 11.5 Å². The zero-order valence-corrected chi connectivity index (χ0v) is 16.2. The van der Waals surface area contributed by atoms with E-state index in [4.69, 9.17) is 18.9 Å². The van der Waals surface area contributed by atoms with Gasteiger partial charge in [0.1, 0.15) is 11.5 Å². The second-order valence-corrected chi connectivity index (χ2v) is 6.00. The summed E-state index contributed by atoms with van der Waals surface area (Å²) < 4.78 is 21.4. The lowest BCUT2D eigenvalue weighted by molar-refractivity contribution is -0.111. The number of carbonyl (C=O) groups is 1. The summed E-state index contributed by atoms with van der Waals surface area (Å²) in [6, 6.07) is 10.7. The van der Waals surface area contributed by atoms with Gasteiger partial charge in [-0.2, -0.15) is 0 Å². The van der Waals surface area contributed by atoms with Crippen molar-refractivity contribution in [3.05, 3.63) is 48.0 Å². The molecule has 1 amide bonds. The van der Waals surface area contributed by atoms with E-state index in [9.17, 15) is 4.79 Å². The van der Waals surface area contributed by atoms with Crippen LogP contribution >= 0.6 is 0 Å². The third-order valence-electron chi connectivity index (χ3n) is 3.60. The maximum atomic E-state index is 12.2. The van der Waals surface area contributed by atoms with Crippen LogP contribution in [0.3, 0.4) is 0 Å². The van der Waals surface area contributed by atoms with E-state index in [1.807, 2.05) is 32.0 Å². The molecule has 0 radical (unpaired) electrons. The van der Waals surface area contributed by atoms with Crippen molar-refractivity contribution < 1.29 is 23.7 Å². The Kier molecular flexibility index (Phi) is 7.11. The molecule has 0 saturated carbocycles. The summed E-state index contributed by atoms with van der Waals surface area (Å²) in [5.74, 6) is 2.20. The molecule has 6 heteroatoms. The van der Waals surface area contributed by atoms with Crippen LogP contribution < -0.4 is 24.3 Å². The molecule has 0 spiro atoms. The molecule has 1 N–H and O–H groups in total.